The van der Waals surface area contributed by atoms with Gasteiger partial charge in [0.2, 0.25) is 0 Å². The van der Waals surface area contributed by atoms with Crippen molar-refractivity contribution in [3.05, 3.63) is 212 Å². The van der Waals surface area contributed by atoms with Crippen LogP contribution in [0.15, 0.2) is 212 Å². The van der Waals surface area contributed by atoms with Gasteiger partial charge in [-0.1, -0.05) is 176 Å². The predicted octanol–water partition coefficient (Wildman–Crippen LogP) is 14.1. The van der Waals surface area contributed by atoms with Gasteiger partial charge in [0.15, 0.2) is 0 Å². The summed E-state index contributed by atoms with van der Waals surface area (Å²) in [6.45, 7) is 0. The number of anilines is 3. The van der Waals surface area contributed by atoms with Crippen LogP contribution < -0.4 is 4.90 Å². The van der Waals surface area contributed by atoms with E-state index in [1.165, 1.54) is 4.90 Å². The first kappa shape index (κ1) is 19.5. The van der Waals surface area contributed by atoms with Gasteiger partial charge < -0.3 is 4.90 Å². The van der Waals surface area contributed by atoms with E-state index in [0.29, 0.717) is 22.1 Å². The van der Waals surface area contributed by atoms with E-state index in [9.17, 15) is 11.0 Å². The van der Waals surface area contributed by atoms with Crippen molar-refractivity contribution in [1.82, 2.24) is 0 Å². The molecule has 0 aliphatic heterocycles. The molecular formula is C50H35N. The molecule has 0 aliphatic rings. The Kier molecular flexibility index (Phi) is 5.08. The molecule has 1 nitrogen and oxygen atoms in total. The Morgan fingerprint density at radius 1 is 0.333 bits per heavy atom. The fourth-order valence-electron chi connectivity index (χ4n) is 6.52. The van der Waals surface area contributed by atoms with E-state index in [-0.39, 0.29) is 16.9 Å². The molecule has 0 saturated carbocycles. The molecule has 0 heterocycles. The van der Waals surface area contributed by atoms with Crippen LogP contribution in [0.1, 0.15) is 17.8 Å². The maximum absolute atomic E-state index is 9.75. The van der Waals surface area contributed by atoms with Gasteiger partial charge in [0.1, 0.15) is 0 Å². The van der Waals surface area contributed by atoms with Crippen molar-refractivity contribution in [1.29, 1.82) is 0 Å². The van der Waals surface area contributed by atoms with Crippen molar-refractivity contribution in [3.63, 3.8) is 0 Å². The van der Waals surface area contributed by atoms with E-state index < -0.39 is 95.4 Å². The third-order valence-electron chi connectivity index (χ3n) is 8.89. The molecule has 0 amide bonds. The highest BCUT2D eigenvalue weighted by atomic mass is 15.1. The van der Waals surface area contributed by atoms with E-state index in [1.807, 2.05) is 115 Å². The van der Waals surface area contributed by atoms with Crippen LogP contribution in [-0.4, -0.2) is 0 Å². The highest BCUT2D eigenvalue weighted by molar-refractivity contribution is 6.04. The highest BCUT2D eigenvalue weighted by Gasteiger charge is 2.17. The van der Waals surface area contributed by atoms with Gasteiger partial charge in [0.25, 0.3) is 0 Å². The van der Waals surface area contributed by atoms with Crippen molar-refractivity contribution in [2.24, 2.45) is 0 Å². The lowest BCUT2D eigenvalue weighted by molar-refractivity contribution is 1.28. The largest absolute Gasteiger partial charge is 0.310 e. The fraction of sp³-hybridized carbons (Fsp3) is 0. The molecule has 0 atom stereocenters. The quantitative estimate of drug-likeness (QED) is 0.164. The minimum atomic E-state index is -0.736. The van der Waals surface area contributed by atoms with Gasteiger partial charge in [-0.2, -0.15) is 0 Å². The molecular weight excluding hydrogens is 615 g/mol. The second-order valence-corrected chi connectivity index (χ2v) is 11.9. The van der Waals surface area contributed by atoms with Crippen LogP contribution in [0.3, 0.4) is 0 Å². The van der Waals surface area contributed by atoms with Crippen LogP contribution in [-0.2, 0) is 0 Å². The molecule has 0 unspecified atom stereocenters. The van der Waals surface area contributed by atoms with E-state index in [4.69, 9.17) is 6.85 Å². The number of nitrogens with zero attached hydrogens (tertiary/aromatic N) is 1. The van der Waals surface area contributed by atoms with Crippen molar-refractivity contribution < 1.29 is 17.8 Å². The maximum Gasteiger partial charge on any atom is 0.0645 e. The Morgan fingerprint density at radius 2 is 0.902 bits per heavy atom. The van der Waals surface area contributed by atoms with Crippen LogP contribution in [0.2, 0.25) is 0 Å². The van der Waals surface area contributed by atoms with Gasteiger partial charge in [-0.05, 0) is 102 Å². The van der Waals surface area contributed by atoms with Crippen molar-refractivity contribution >= 4 is 38.6 Å². The topological polar surface area (TPSA) is 3.24 Å². The normalized spacial score (nSPS) is 14.7. The predicted molar refractivity (Wildman–Crippen MR) is 218 cm³/mol. The van der Waals surface area contributed by atoms with Crippen molar-refractivity contribution in [2.45, 2.75) is 0 Å². The molecule has 0 bridgehead atoms. The molecule has 51 heavy (non-hydrogen) atoms. The van der Waals surface area contributed by atoms with E-state index >= 15 is 0 Å². The summed E-state index contributed by atoms with van der Waals surface area (Å²) in [6.07, 6.45) is 0. The zero-order valence-corrected chi connectivity index (χ0v) is 27.1. The number of rotatable bonds is 7. The molecule has 0 radical (unpaired) electrons. The summed E-state index contributed by atoms with van der Waals surface area (Å²) >= 11 is 0. The molecule has 240 valence electrons. The number of hydrogen-bond acceptors (Lipinski definition) is 1. The summed E-state index contributed by atoms with van der Waals surface area (Å²) < 4.78 is 118. The molecule has 0 N–H and O–H groups in total. The monoisotopic (exact) mass is 662 g/mol. The Balaban J connectivity index is 1.36. The van der Waals surface area contributed by atoms with Crippen LogP contribution in [0.4, 0.5) is 17.1 Å². The fourth-order valence-corrected chi connectivity index (χ4v) is 6.52. The summed E-state index contributed by atoms with van der Waals surface area (Å²) in [5.41, 5.74) is 1.79. The van der Waals surface area contributed by atoms with Gasteiger partial charge in [-0.15, -0.1) is 0 Å². The molecule has 0 aliphatic carbocycles. The Hall–Kier alpha value is -6.70. The Bertz CT molecular complexity index is 3300. The second kappa shape index (κ2) is 13.3. The lowest BCUT2D eigenvalue weighted by atomic mass is 9.89. The summed E-state index contributed by atoms with van der Waals surface area (Å²) in [6, 6.07) is 32.9. The lowest BCUT2D eigenvalue weighted by Crippen LogP contribution is -2.10. The molecule has 0 fully saturated rings. The molecule has 0 saturated heterocycles. The smallest absolute Gasteiger partial charge is 0.0645 e. The molecule has 1 heteroatoms. The van der Waals surface area contributed by atoms with Gasteiger partial charge in [-0.25, -0.2) is 0 Å². The minimum absolute atomic E-state index is 0.0231. The third-order valence-corrected chi connectivity index (χ3v) is 8.89. The SMILES string of the molecule is [2H]c1c([2H])c([2H])c(-c2c([2H])c([2H])c(N(c3cccc(-c4cccc5ccccc45)c3)c3c([2H])c([2H])c(-c4c(-c5ccccc5)ccc5ccccc45)c([2H])c3[2H])c([2H])c2[2H])c([2H])c1[2H]. The average Bonchev–Trinajstić information content (AvgIpc) is 3.32. The van der Waals surface area contributed by atoms with Crippen LogP contribution in [0.5, 0.6) is 0 Å². The van der Waals surface area contributed by atoms with Gasteiger partial charge in [0, 0.05) is 17.1 Å². The number of benzene rings is 9. The van der Waals surface area contributed by atoms with E-state index in [1.54, 1.807) is 18.2 Å². The summed E-state index contributed by atoms with van der Waals surface area (Å²) in [4.78, 5) is 1.20. The summed E-state index contributed by atoms with van der Waals surface area (Å²) in [5.74, 6) is 0. The van der Waals surface area contributed by atoms with Crippen LogP contribution >= 0.6 is 0 Å². The van der Waals surface area contributed by atoms with Crippen molar-refractivity contribution in [3.8, 4) is 44.5 Å². The van der Waals surface area contributed by atoms with E-state index in [0.717, 1.165) is 27.3 Å². The highest BCUT2D eigenvalue weighted by Crippen LogP contribution is 2.42. The maximum atomic E-state index is 9.75. The average molecular weight is 663 g/mol. The summed E-state index contributed by atoms with van der Waals surface area (Å²) in [7, 11) is 0. The first-order valence-electron chi connectivity index (χ1n) is 23.0. The number of fused-ring (bicyclic) bond motifs is 2. The number of hydrogen-bond donors (Lipinski definition) is 0. The molecule has 9 aromatic rings. The lowest BCUT2D eigenvalue weighted by Gasteiger charge is -2.27. The molecule has 9 rings (SSSR count). The molecule has 9 aromatic carbocycles. The van der Waals surface area contributed by atoms with Gasteiger partial charge in [-0.3, -0.25) is 0 Å². The van der Waals surface area contributed by atoms with Crippen molar-refractivity contribution in [2.75, 3.05) is 4.90 Å². The van der Waals surface area contributed by atoms with Gasteiger partial charge in [0.05, 0.1) is 17.8 Å². The van der Waals surface area contributed by atoms with Crippen LogP contribution in [0, 0.1) is 0 Å². The Labute approximate surface area is 317 Å². The Morgan fingerprint density at radius 3 is 1.65 bits per heavy atom. The zero-order chi connectivity index (χ0) is 45.3. The van der Waals surface area contributed by atoms with Gasteiger partial charge >= 0.3 is 0 Å². The first-order valence-corrected chi connectivity index (χ1v) is 16.5. The minimum Gasteiger partial charge on any atom is -0.310 e. The standard InChI is InChI=1S/C50H35N/c1-3-13-36(14-4-1)37-25-30-43(31-26-37)51(45-21-11-20-42(35-45)47-24-12-19-38-17-7-9-22-46(38)47)44-32-27-41(28-33-44)50-48-23-10-8-18-40(48)29-34-49(50)39-15-5-2-6-16-39/h1-35H/i1D,3D,4D,13D,14D,25D,26D,27D,28D,30D,31D,32D,33D. The van der Waals surface area contributed by atoms with E-state index in [2.05, 4.69) is 0 Å². The first-order chi connectivity index (χ1) is 30.7. The zero-order valence-electron chi connectivity index (χ0n) is 40.1. The molecule has 0 aromatic heterocycles. The van der Waals surface area contributed by atoms with Crippen LogP contribution in [0.25, 0.3) is 66.1 Å². The molecule has 0 spiro atoms. The third kappa shape index (κ3) is 5.86. The second-order valence-electron chi connectivity index (χ2n) is 11.9. The summed E-state index contributed by atoms with van der Waals surface area (Å²) in [5, 5.41) is 3.38.